The van der Waals surface area contributed by atoms with Gasteiger partial charge in [0.2, 0.25) is 10.0 Å². The van der Waals surface area contributed by atoms with E-state index in [4.69, 9.17) is 5.73 Å². The maximum absolute atomic E-state index is 12.2. The molecule has 19 heavy (non-hydrogen) atoms. The minimum atomic E-state index is -3.48. The summed E-state index contributed by atoms with van der Waals surface area (Å²) >= 11 is 0. The Morgan fingerprint density at radius 2 is 1.89 bits per heavy atom. The molecular formula is C13H23N3O2S. The lowest BCUT2D eigenvalue weighted by atomic mass is 10.2. The molecule has 0 saturated heterocycles. The lowest BCUT2D eigenvalue weighted by molar-refractivity contribution is 0.309. The molecule has 0 aliphatic carbocycles. The Balaban J connectivity index is 2.74. The Bertz CT molecular complexity index is 511. The standard InChI is InChI=1S/C13H23N3O2S/c1-4-16(5-2)10-9-15-19(17,18)13-8-6-7-12(14)11(13)3/h6-8,15H,4-5,9-10,14H2,1-3H3. The summed E-state index contributed by atoms with van der Waals surface area (Å²) in [5, 5.41) is 0. The number of nitrogens with two attached hydrogens (primary N) is 1. The van der Waals surface area contributed by atoms with E-state index in [1.165, 1.54) is 0 Å². The van der Waals surface area contributed by atoms with Crippen LogP contribution in [0.25, 0.3) is 0 Å². The zero-order chi connectivity index (χ0) is 14.5. The van der Waals surface area contributed by atoms with Crippen molar-refractivity contribution in [2.24, 2.45) is 0 Å². The molecule has 0 amide bonds. The molecule has 0 fully saturated rings. The molecule has 0 atom stereocenters. The fraction of sp³-hybridized carbons (Fsp3) is 0.538. The number of nitrogens with zero attached hydrogens (tertiary/aromatic N) is 1. The summed E-state index contributed by atoms with van der Waals surface area (Å²) in [6.45, 7) is 8.76. The predicted octanol–water partition coefficient (Wildman–Crippen LogP) is 1.20. The summed E-state index contributed by atoms with van der Waals surface area (Å²) in [5.74, 6) is 0. The molecule has 108 valence electrons. The summed E-state index contributed by atoms with van der Waals surface area (Å²) in [4.78, 5) is 2.42. The second-order valence-corrected chi connectivity index (χ2v) is 6.13. The molecule has 0 aromatic heterocycles. The molecule has 1 aromatic rings. The first-order valence-corrected chi connectivity index (χ1v) is 7.97. The smallest absolute Gasteiger partial charge is 0.240 e. The number of hydrogen-bond donors (Lipinski definition) is 2. The van der Waals surface area contributed by atoms with Gasteiger partial charge in [0.05, 0.1) is 4.90 Å². The number of sulfonamides is 1. The van der Waals surface area contributed by atoms with Crippen LogP contribution in [0.3, 0.4) is 0 Å². The monoisotopic (exact) mass is 285 g/mol. The van der Waals surface area contributed by atoms with Gasteiger partial charge in [0, 0.05) is 18.8 Å². The minimum absolute atomic E-state index is 0.257. The van der Waals surface area contributed by atoms with Gasteiger partial charge in [-0.05, 0) is 37.7 Å². The second kappa shape index (κ2) is 6.88. The average Bonchev–Trinajstić information content (AvgIpc) is 2.37. The fourth-order valence-electron chi connectivity index (χ4n) is 1.88. The number of nitrogen functional groups attached to an aromatic ring is 1. The van der Waals surface area contributed by atoms with Crippen LogP contribution in [0.15, 0.2) is 23.1 Å². The van der Waals surface area contributed by atoms with Crippen molar-refractivity contribution in [2.75, 3.05) is 31.9 Å². The summed E-state index contributed by atoms with van der Waals surface area (Å²) in [7, 11) is -3.48. The van der Waals surface area contributed by atoms with Gasteiger partial charge in [-0.1, -0.05) is 19.9 Å². The molecule has 6 heteroatoms. The van der Waals surface area contributed by atoms with Crippen LogP contribution in [0.4, 0.5) is 5.69 Å². The van der Waals surface area contributed by atoms with E-state index in [-0.39, 0.29) is 4.90 Å². The van der Waals surface area contributed by atoms with E-state index in [9.17, 15) is 8.42 Å². The van der Waals surface area contributed by atoms with E-state index in [2.05, 4.69) is 23.5 Å². The van der Waals surface area contributed by atoms with E-state index in [1.807, 2.05) is 0 Å². The Labute approximate surface area is 115 Å². The van der Waals surface area contributed by atoms with E-state index in [0.717, 1.165) is 13.1 Å². The van der Waals surface area contributed by atoms with Crippen molar-refractivity contribution in [3.63, 3.8) is 0 Å². The Morgan fingerprint density at radius 3 is 2.47 bits per heavy atom. The van der Waals surface area contributed by atoms with Crippen LogP contribution < -0.4 is 10.5 Å². The van der Waals surface area contributed by atoms with Crippen molar-refractivity contribution >= 4 is 15.7 Å². The fourth-order valence-corrected chi connectivity index (χ4v) is 3.17. The third-order valence-electron chi connectivity index (χ3n) is 3.23. The van der Waals surface area contributed by atoms with Crippen molar-refractivity contribution in [1.29, 1.82) is 0 Å². The number of anilines is 1. The molecule has 0 saturated carbocycles. The molecule has 3 N–H and O–H groups in total. The van der Waals surface area contributed by atoms with Gasteiger partial charge < -0.3 is 10.6 Å². The molecule has 1 rings (SSSR count). The lowest BCUT2D eigenvalue weighted by Crippen LogP contribution is -2.35. The van der Waals surface area contributed by atoms with Gasteiger partial charge in [0.25, 0.3) is 0 Å². The summed E-state index contributed by atoms with van der Waals surface area (Å²) in [6.07, 6.45) is 0. The Morgan fingerprint density at radius 1 is 1.26 bits per heavy atom. The lowest BCUT2D eigenvalue weighted by Gasteiger charge is -2.18. The molecule has 0 aliphatic heterocycles. The number of hydrogen-bond acceptors (Lipinski definition) is 4. The maximum Gasteiger partial charge on any atom is 0.240 e. The first kappa shape index (κ1) is 15.9. The molecule has 1 aromatic carbocycles. The topological polar surface area (TPSA) is 75.4 Å². The maximum atomic E-state index is 12.2. The van der Waals surface area contributed by atoms with Crippen LogP contribution in [0.1, 0.15) is 19.4 Å². The SMILES string of the molecule is CCN(CC)CCNS(=O)(=O)c1cccc(N)c1C. The van der Waals surface area contributed by atoms with E-state index in [1.54, 1.807) is 25.1 Å². The van der Waals surface area contributed by atoms with Gasteiger partial charge >= 0.3 is 0 Å². The first-order chi connectivity index (χ1) is 8.92. The van der Waals surface area contributed by atoms with Gasteiger partial charge in [0.1, 0.15) is 0 Å². The third kappa shape index (κ3) is 4.19. The van der Waals surface area contributed by atoms with Gasteiger partial charge in [-0.3, -0.25) is 0 Å². The number of nitrogens with one attached hydrogen (secondary N) is 1. The van der Waals surface area contributed by atoms with Crippen molar-refractivity contribution in [3.05, 3.63) is 23.8 Å². The Kier molecular flexibility index (Phi) is 5.78. The molecule has 0 radical (unpaired) electrons. The molecule has 0 spiro atoms. The van der Waals surface area contributed by atoms with Crippen molar-refractivity contribution in [2.45, 2.75) is 25.7 Å². The van der Waals surface area contributed by atoms with Crippen LogP contribution in [0.5, 0.6) is 0 Å². The highest BCUT2D eigenvalue weighted by Gasteiger charge is 2.17. The summed E-state index contributed by atoms with van der Waals surface area (Å²) < 4.78 is 27.0. The number of rotatable bonds is 7. The highest BCUT2D eigenvalue weighted by Crippen LogP contribution is 2.19. The van der Waals surface area contributed by atoms with Crippen LogP contribution in [-0.2, 0) is 10.0 Å². The van der Waals surface area contributed by atoms with Crippen LogP contribution in [0.2, 0.25) is 0 Å². The molecule has 0 unspecified atom stereocenters. The second-order valence-electron chi connectivity index (χ2n) is 4.40. The van der Waals surface area contributed by atoms with E-state index < -0.39 is 10.0 Å². The van der Waals surface area contributed by atoms with Crippen molar-refractivity contribution < 1.29 is 8.42 Å². The van der Waals surface area contributed by atoms with Gasteiger partial charge in [0.15, 0.2) is 0 Å². The van der Waals surface area contributed by atoms with Gasteiger partial charge in [-0.2, -0.15) is 0 Å². The highest BCUT2D eigenvalue weighted by molar-refractivity contribution is 7.89. The molecule has 0 bridgehead atoms. The van der Waals surface area contributed by atoms with Gasteiger partial charge in [-0.15, -0.1) is 0 Å². The molecule has 5 nitrogen and oxygen atoms in total. The molecular weight excluding hydrogens is 262 g/mol. The van der Waals surface area contributed by atoms with Crippen molar-refractivity contribution in [1.82, 2.24) is 9.62 Å². The first-order valence-electron chi connectivity index (χ1n) is 6.49. The van der Waals surface area contributed by atoms with Crippen LogP contribution in [-0.4, -0.2) is 39.5 Å². The zero-order valence-electron chi connectivity index (χ0n) is 11.8. The van der Waals surface area contributed by atoms with E-state index >= 15 is 0 Å². The van der Waals surface area contributed by atoms with Crippen LogP contribution in [0, 0.1) is 6.92 Å². The quantitative estimate of drug-likeness (QED) is 0.738. The Hall–Kier alpha value is -1.11. The highest BCUT2D eigenvalue weighted by atomic mass is 32.2. The average molecular weight is 285 g/mol. The van der Waals surface area contributed by atoms with Crippen LogP contribution >= 0.6 is 0 Å². The number of likely N-dealkylation sites (N-methyl/N-ethyl adjacent to an activating group) is 1. The molecule has 0 aliphatic rings. The summed E-state index contributed by atoms with van der Waals surface area (Å²) in [6, 6.07) is 4.93. The largest absolute Gasteiger partial charge is 0.398 e. The molecule has 0 heterocycles. The predicted molar refractivity (Wildman–Crippen MR) is 78.6 cm³/mol. The van der Waals surface area contributed by atoms with Gasteiger partial charge in [-0.25, -0.2) is 13.1 Å². The number of benzene rings is 1. The third-order valence-corrected chi connectivity index (χ3v) is 4.84. The van der Waals surface area contributed by atoms with Crippen molar-refractivity contribution in [3.8, 4) is 0 Å². The zero-order valence-corrected chi connectivity index (χ0v) is 12.6. The minimum Gasteiger partial charge on any atom is -0.398 e. The normalized spacial score (nSPS) is 12.0. The summed E-state index contributed by atoms with van der Waals surface area (Å²) in [5.41, 5.74) is 6.82. The van der Waals surface area contributed by atoms with E-state index in [0.29, 0.717) is 24.3 Å².